The van der Waals surface area contributed by atoms with Crippen molar-refractivity contribution in [3.8, 4) is 11.5 Å². The Kier molecular flexibility index (Phi) is 7.06. The van der Waals surface area contributed by atoms with Crippen molar-refractivity contribution in [2.75, 3.05) is 13.2 Å². The predicted octanol–water partition coefficient (Wildman–Crippen LogP) is 2.32. The molecule has 0 saturated carbocycles. The summed E-state index contributed by atoms with van der Waals surface area (Å²) < 4.78 is 10.8. The monoisotopic (exact) mass is 340 g/mol. The number of amides is 2. The summed E-state index contributed by atoms with van der Waals surface area (Å²) in [5, 5.41) is 0. The number of nitrogens with one attached hydrogen (secondary N) is 2. The number of para-hydroxylation sites is 2. The molecular formula is C19H20N2O4. The van der Waals surface area contributed by atoms with E-state index in [9.17, 15) is 9.59 Å². The minimum Gasteiger partial charge on any atom is -0.490 e. The van der Waals surface area contributed by atoms with Crippen molar-refractivity contribution >= 4 is 17.9 Å². The van der Waals surface area contributed by atoms with Gasteiger partial charge in [-0.05, 0) is 30.7 Å². The average molecular weight is 340 g/mol. The summed E-state index contributed by atoms with van der Waals surface area (Å²) in [4.78, 5) is 23.4. The van der Waals surface area contributed by atoms with E-state index in [1.165, 1.54) is 6.08 Å². The molecule has 2 aromatic carbocycles. The first-order chi connectivity index (χ1) is 12.2. The van der Waals surface area contributed by atoms with Crippen molar-refractivity contribution in [1.29, 1.82) is 0 Å². The number of hydrazine groups is 1. The molecule has 25 heavy (non-hydrogen) atoms. The SMILES string of the molecule is CCOc1ccccc1OCC(=O)NNC(=O)/C=C/c1ccccc1. The largest absolute Gasteiger partial charge is 0.490 e. The fourth-order valence-corrected chi connectivity index (χ4v) is 1.93. The van der Waals surface area contributed by atoms with Crippen LogP contribution in [0.4, 0.5) is 0 Å². The van der Waals surface area contributed by atoms with Gasteiger partial charge in [0.05, 0.1) is 6.61 Å². The fraction of sp³-hybridized carbons (Fsp3) is 0.158. The van der Waals surface area contributed by atoms with Gasteiger partial charge in [0.2, 0.25) is 0 Å². The van der Waals surface area contributed by atoms with Crippen molar-refractivity contribution in [2.24, 2.45) is 0 Å². The third-order valence-corrected chi connectivity index (χ3v) is 3.06. The quantitative estimate of drug-likeness (QED) is 0.599. The Morgan fingerprint density at radius 3 is 2.24 bits per heavy atom. The summed E-state index contributed by atoms with van der Waals surface area (Å²) in [7, 11) is 0. The van der Waals surface area contributed by atoms with Crippen molar-refractivity contribution in [3.05, 3.63) is 66.2 Å². The molecule has 0 fully saturated rings. The molecule has 6 nitrogen and oxygen atoms in total. The molecule has 0 aromatic heterocycles. The van der Waals surface area contributed by atoms with Crippen LogP contribution in [-0.2, 0) is 9.59 Å². The lowest BCUT2D eigenvalue weighted by molar-refractivity contribution is -0.128. The predicted molar refractivity (Wildman–Crippen MR) is 94.9 cm³/mol. The Balaban J connectivity index is 1.75. The summed E-state index contributed by atoms with van der Waals surface area (Å²) >= 11 is 0. The Hall–Kier alpha value is -3.28. The topological polar surface area (TPSA) is 76.7 Å². The highest BCUT2D eigenvalue weighted by molar-refractivity contribution is 5.93. The van der Waals surface area contributed by atoms with Gasteiger partial charge in [0.1, 0.15) is 0 Å². The van der Waals surface area contributed by atoms with Crippen LogP contribution in [0.25, 0.3) is 6.08 Å². The van der Waals surface area contributed by atoms with Crippen molar-refractivity contribution < 1.29 is 19.1 Å². The molecule has 130 valence electrons. The summed E-state index contributed by atoms with van der Waals surface area (Å²) in [6, 6.07) is 16.4. The van der Waals surface area contributed by atoms with Crippen LogP contribution in [0.5, 0.6) is 11.5 Å². The lowest BCUT2D eigenvalue weighted by atomic mass is 10.2. The summed E-state index contributed by atoms with van der Waals surface area (Å²) in [6.07, 6.45) is 2.98. The van der Waals surface area contributed by atoms with Crippen molar-refractivity contribution in [1.82, 2.24) is 10.9 Å². The number of benzene rings is 2. The number of ether oxygens (including phenoxy) is 2. The van der Waals surface area contributed by atoms with E-state index in [-0.39, 0.29) is 6.61 Å². The van der Waals surface area contributed by atoms with Gasteiger partial charge < -0.3 is 9.47 Å². The lowest BCUT2D eigenvalue weighted by Crippen LogP contribution is -2.43. The molecular weight excluding hydrogens is 320 g/mol. The zero-order valence-electron chi connectivity index (χ0n) is 13.9. The molecule has 2 rings (SSSR count). The van der Waals surface area contributed by atoms with E-state index in [4.69, 9.17) is 9.47 Å². The maximum Gasteiger partial charge on any atom is 0.276 e. The zero-order chi connectivity index (χ0) is 17.9. The number of carbonyl (C=O) groups excluding carboxylic acids is 2. The Morgan fingerprint density at radius 1 is 0.920 bits per heavy atom. The molecule has 0 atom stereocenters. The second kappa shape index (κ2) is 9.77. The van der Waals surface area contributed by atoms with Crippen LogP contribution >= 0.6 is 0 Å². The second-order valence-corrected chi connectivity index (χ2v) is 4.95. The molecule has 6 heteroatoms. The van der Waals surface area contributed by atoms with E-state index in [0.29, 0.717) is 18.1 Å². The van der Waals surface area contributed by atoms with E-state index in [0.717, 1.165) is 5.56 Å². The minimum atomic E-state index is -0.479. The molecule has 0 heterocycles. The standard InChI is InChI=1S/C19H20N2O4/c1-2-24-16-10-6-7-11-17(16)25-14-19(23)21-20-18(22)13-12-15-8-4-3-5-9-15/h3-13H,2,14H2,1H3,(H,20,22)(H,21,23)/b13-12+. The summed E-state index contributed by atoms with van der Waals surface area (Å²) in [5.74, 6) is 0.113. The smallest absolute Gasteiger partial charge is 0.276 e. The first-order valence-corrected chi connectivity index (χ1v) is 7.85. The van der Waals surface area contributed by atoms with Crippen LogP contribution in [0.1, 0.15) is 12.5 Å². The fourth-order valence-electron chi connectivity index (χ4n) is 1.93. The van der Waals surface area contributed by atoms with Gasteiger partial charge in [0.15, 0.2) is 18.1 Å². The number of rotatable bonds is 7. The molecule has 0 aliphatic carbocycles. The van der Waals surface area contributed by atoms with Crippen LogP contribution in [0.15, 0.2) is 60.7 Å². The van der Waals surface area contributed by atoms with Gasteiger partial charge >= 0.3 is 0 Å². The van der Waals surface area contributed by atoms with E-state index in [1.54, 1.807) is 24.3 Å². The molecule has 2 aromatic rings. The Labute approximate surface area is 146 Å². The molecule has 0 aliphatic heterocycles. The van der Waals surface area contributed by atoms with Gasteiger partial charge in [-0.2, -0.15) is 0 Å². The van der Waals surface area contributed by atoms with Crippen molar-refractivity contribution in [3.63, 3.8) is 0 Å². The first kappa shape index (κ1) is 18.1. The molecule has 0 spiro atoms. The second-order valence-electron chi connectivity index (χ2n) is 4.95. The van der Waals surface area contributed by atoms with Gasteiger partial charge in [-0.3, -0.25) is 20.4 Å². The zero-order valence-corrected chi connectivity index (χ0v) is 13.9. The van der Waals surface area contributed by atoms with E-state index in [1.807, 2.05) is 43.3 Å². The first-order valence-electron chi connectivity index (χ1n) is 7.85. The van der Waals surface area contributed by atoms with Gasteiger partial charge in [0.25, 0.3) is 11.8 Å². The van der Waals surface area contributed by atoms with Crippen LogP contribution in [0.3, 0.4) is 0 Å². The molecule has 0 unspecified atom stereocenters. The third-order valence-electron chi connectivity index (χ3n) is 3.06. The average Bonchev–Trinajstić information content (AvgIpc) is 2.65. The van der Waals surface area contributed by atoms with E-state index >= 15 is 0 Å². The molecule has 2 amide bonds. The normalized spacial score (nSPS) is 10.3. The highest BCUT2D eigenvalue weighted by Crippen LogP contribution is 2.26. The third kappa shape index (κ3) is 6.39. The molecule has 0 saturated heterocycles. The number of hydrogen-bond acceptors (Lipinski definition) is 4. The molecule has 2 N–H and O–H groups in total. The molecule has 0 radical (unpaired) electrons. The van der Waals surface area contributed by atoms with Gasteiger partial charge in [0, 0.05) is 6.08 Å². The van der Waals surface area contributed by atoms with E-state index in [2.05, 4.69) is 10.9 Å². The lowest BCUT2D eigenvalue weighted by Gasteiger charge is -2.11. The van der Waals surface area contributed by atoms with E-state index < -0.39 is 11.8 Å². The number of carbonyl (C=O) groups is 2. The van der Waals surface area contributed by atoms with Gasteiger partial charge in [-0.15, -0.1) is 0 Å². The molecule has 0 bridgehead atoms. The minimum absolute atomic E-state index is 0.243. The van der Waals surface area contributed by atoms with Crippen LogP contribution in [0.2, 0.25) is 0 Å². The maximum atomic E-state index is 11.7. The van der Waals surface area contributed by atoms with Crippen LogP contribution in [0, 0.1) is 0 Å². The van der Waals surface area contributed by atoms with Crippen LogP contribution in [-0.4, -0.2) is 25.0 Å². The highest BCUT2D eigenvalue weighted by Gasteiger charge is 2.07. The number of hydrogen-bond donors (Lipinski definition) is 2. The Morgan fingerprint density at radius 2 is 1.56 bits per heavy atom. The van der Waals surface area contributed by atoms with Crippen molar-refractivity contribution in [2.45, 2.75) is 6.92 Å². The summed E-state index contributed by atoms with van der Waals surface area (Å²) in [5.41, 5.74) is 5.47. The van der Waals surface area contributed by atoms with Crippen LogP contribution < -0.4 is 20.3 Å². The van der Waals surface area contributed by atoms with Gasteiger partial charge in [-0.1, -0.05) is 42.5 Å². The summed E-state index contributed by atoms with van der Waals surface area (Å²) in [6.45, 7) is 2.12. The highest BCUT2D eigenvalue weighted by atomic mass is 16.5. The molecule has 0 aliphatic rings. The Bertz CT molecular complexity index is 729. The maximum absolute atomic E-state index is 11.7. The van der Waals surface area contributed by atoms with Gasteiger partial charge in [-0.25, -0.2) is 0 Å².